The van der Waals surface area contributed by atoms with Crippen LogP contribution in [0.1, 0.15) is 69.5 Å². The van der Waals surface area contributed by atoms with Gasteiger partial charge in [-0.05, 0) is 50.2 Å². The Balaban J connectivity index is 1.80. The van der Waals surface area contributed by atoms with E-state index >= 15 is 0 Å². The minimum Gasteiger partial charge on any atom is -0.349 e. The zero-order chi connectivity index (χ0) is 22.1. The topological polar surface area (TPSA) is 75.3 Å². The van der Waals surface area contributed by atoms with E-state index in [9.17, 15) is 27.6 Å². The maximum Gasteiger partial charge on any atom is 0.416 e. The number of benzene rings is 1. The van der Waals surface area contributed by atoms with Gasteiger partial charge >= 0.3 is 6.18 Å². The molecule has 2 N–H and O–H groups in total. The standard InChI is InChI=1S/C22H27F3N2O3/c1-13(28)21(27-14(2)29)11-16(12-21)20(30)26-19(15-7-3-4-8-15)17-9-5-6-10-18(17)22(23,24)25/h5-6,9-10,15-16,19H,3-4,7-8,11-12H2,1-2H3,(H,26,30)(H,27,29)/t16?,19-,21?/m1/s1. The normalized spacial score (nSPS) is 25.3. The number of hydrogen-bond acceptors (Lipinski definition) is 3. The van der Waals surface area contributed by atoms with Crippen molar-refractivity contribution in [1.82, 2.24) is 10.6 Å². The van der Waals surface area contributed by atoms with Gasteiger partial charge in [-0.1, -0.05) is 31.0 Å². The maximum absolute atomic E-state index is 13.6. The van der Waals surface area contributed by atoms with E-state index in [4.69, 9.17) is 0 Å². The molecule has 0 heterocycles. The van der Waals surface area contributed by atoms with Crippen LogP contribution in [0.25, 0.3) is 0 Å². The van der Waals surface area contributed by atoms with E-state index in [1.165, 1.54) is 26.0 Å². The molecule has 1 atom stereocenters. The van der Waals surface area contributed by atoms with E-state index in [0.29, 0.717) is 0 Å². The van der Waals surface area contributed by atoms with Gasteiger partial charge in [-0.2, -0.15) is 13.2 Å². The summed E-state index contributed by atoms with van der Waals surface area (Å²) in [6.07, 6.45) is -0.840. The lowest BCUT2D eigenvalue weighted by Gasteiger charge is -2.45. The summed E-state index contributed by atoms with van der Waals surface area (Å²) in [4.78, 5) is 36.3. The van der Waals surface area contributed by atoms with Crippen molar-refractivity contribution in [1.29, 1.82) is 0 Å². The molecular weight excluding hydrogens is 397 g/mol. The molecule has 2 amide bonds. The minimum absolute atomic E-state index is 0.0644. The van der Waals surface area contributed by atoms with Crippen LogP contribution in [0.5, 0.6) is 0 Å². The van der Waals surface area contributed by atoms with Crippen molar-refractivity contribution in [3.05, 3.63) is 35.4 Å². The zero-order valence-electron chi connectivity index (χ0n) is 17.1. The molecule has 0 radical (unpaired) electrons. The van der Waals surface area contributed by atoms with Gasteiger partial charge in [-0.15, -0.1) is 0 Å². The van der Waals surface area contributed by atoms with Gasteiger partial charge in [-0.3, -0.25) is 14.4 Å². The number of rotatable bonds is 6. The summed E-state index contributed by atoms with van der Waals surface area (Å²) in [7, 11) is 0. The number of ketones is 1. The van der Waals surface area contributed by atoms with Crippen LogP contribution in [0.2, 0.25) is 0 Å². The van der Waals surface area contributed by atoms with Gasteiger partial charge in [0.25, 0.3) is 0 Å². The number of amides is 2. The van der Waals surface area contributed by atoms with Crippen LogP contribution in [0.15, 0.2) is 24.3 Å². The number of Topliss-reactive ketones (excluding diaryl/α,β-unsaturated/α-hetero) is 1. The van der Waals surface area contributed by atoms with Gasteiger partial charge in [0.2, 0.25) is 11.8 Å². The molecular formula is C22H27F3N2O3. The molecule has 2 saturated carbocycles. The Morgan fingerprint density at radius 3 is 2.20 bits per heavy atom. The Kier molecular flexibility index (Phi) is 6.24. The first kappa shape index (κ1) is 22.3. The van der Waals surface area contributed by atoms with Gasteiger partial charge < -0.3 is 10.6 Å². The predicted molar refractivity (Wildman–Crippen MR) is 104 cm³/mol. The van der Waals surface area contributed by atoms with Crippen molar-refractivity contribution in [2.75, 3.05) is 0 Å². The van der Waals surface area contributed by atoms with Gasteiger partial charge in [0.05, 0.1) is 17.1 Å². The van der Waals surface area contributed by atoms with Crippen LogP contribution in [0, 0.1) is 11.8 Å². The smallest absolute Gasteiger partial charge is 0.349 e. The molecule has 164 valence electrons. The highest BCUT2D eigenvalue weighted by Gasteiger charge is 2.52. The van der Waals surface area contributed by atoms with Gasteiger partial charge in [0.15, 0.2) is 5.78 Å². The molecule has 5 nitrogen and oxygen atoms in total. The van der Waals surface area contributed by atoms with Crippen LogP contribution in [-0.4, -0.2) is 23.1 Å². The molecule has 2 fully saturated rings. The fourth-order valence-electron chi connectivity index (χ4n) is 4.82. The van der Waals surface area contributed by atoms with Crippen LogP contribution >= 0.6 is 0 Å². The lowest BCUT2D eigenvalue weighted by molar-refractivity contribution is -0.143. The Morgan fingerprint density at radius 2 is 1.67 bits per heavy atom. The van der Waals surface area contributed by atoms with E-state index in [1.807, 2.05) is 0 Å². The Bertz CT molecular complexity index is 825. The van der Waals surface area contributed by atoms with E-state index in [1.54, 1.807) is 6.07 Å². The van der Waals surface area contributed by atoms with Crippen molar-refractivity contribution in [2.24, 2.45) is 11.8 Å². The highest BCUT2D eigenvalue weighted by atomic mass is 19.4. The van der Waals surface area contributed by atoms with Crippen LogP contribution < -0.4 is 10.6 Å². The van der Waals surface area contributed by atoms with Crippen molar-refractivity contribution >= 4 is 17.6 Å². The largest absolute Gasteiger partial charge is 0.416 e. The molecule has 3 rings (SSSR count). The molecule has 1 aromatic carbocycles. The molecule has 0 aromatic heterocycles. The fraction of sp³-hybridized carbons (Fsp3) is 0.591. The van der Waals surface area contributed by atoms with Crippen molar-refractivity contribution in [3.8, 4) is 0 Å². The van der Waals surface area contributed by atoms with Gasteiger partial charge in [0.1, 0.15) is 0 Å². The highest BCUT2D eigenvalue weighted by molar-refractivity contribution is 5.94. The average molecular weight is 424 g/mol. The molecule has 30 heavy (non-hydrogen) atoms. The monoisotopic (exact) mass is 424 g/mol. The van der Waals surface area contributed by atoms with E-state index < -0.39 is 29.2 Å². The summed E-state index contributed by atoms with van der Waals surface area (Å²) in [6.45, 7) is 2.67. The molecule has 8 heteroatoms. The highest BCUT2D eigenvalue weighted by Crippen LogP contribution is 2.43. The molecule has 2 aliphatic carbocycles. The lowest BCUT2D eigenvalue weighted by Crippen LogP contribution is -2.64. The summed E-state index contributed by atoms with van der Waals surface area (Å²) in [5.74, 6) is -1.54. The van der Waals surface area contributed by atoms with Gasteiger partial charge in [-0.25, -0.2) is 0 Å². The molecule has 0 saturated heterocycles. The fourth-order valence-corrected chi connectivity index (χ4v) is 4.82. The third-order valence-electron chi connectivity index (χ3n) is 6.42. The Labute approximate surface area is 173 Å². The Hall–Kier alpha value is -2.38. The van der Waals surface area contributed by atoms with Crippen molar-refractivity contribution in [3.63, 3.8) is 0 Å². The number of hydrogen-bond donors (Lipinski definition) is 2. The lowest BCUT2D eigenvalue weighted by atomic mass is 9.65. The SMILES string of the molecule is CC(=O)NC1(C(C)=O)CC(C(=O)N[C@@H](c2ccccc2C(F)(F)F)C2CCCC2)C1. The first-order chi connectivity index (χ1) is 14.0. The van der Waals surface area contributed by atoms with Crippen molar-refractivity contribution in [2.45, 2.75) is 70.1 Å². The average Bonchev–Trinajstić information content (AvgIpc) is 3.15. The van der Waals surface area contributed by atoms with E-state index in [0.717, 1.165) is 31.7 Å². The second-order valence-electron chi connectivity index (χ2n) is 8.54. The molecule has 0 aliphatic heterocycles. The minimum atomic E-state index is -4.51. The quantitative estimate of drug-likeness (QED) is 0.727. The second kappa shape index (κ2) is 8.40. The van der Waals surface area contributed by atoms with Crippen LogP contribution in [0.3, 0.4) is 0 Å². The molecule has 1 aromatic rings. The number of alkyl halides is 3. The summed E-state index contributed by atoms with van der Waals surface area (Å²) in [5.41, 5.74) is -1.70. The third-order valence-corrected chi connectivity index (χ3v) is 6.42. The maximum atomic E-state index is 13.6. The summed E-state index contributed by atoms with van der Waals surface area (Å²) in [5, 5.41) is 5.49. The first-order valence-corrected chi connectivity index (χ1v) is 10.3. The number of halogens is 3. The van der Waals surface area contributed by atoms with E-state index in [-0.39, 0.29) is 41.9 Å². The first-order valence-electron chi connectivity index (χ1n) is 10.3. The molecule has 0 bridgehead atoms. The molecule has 0 unspecified atom stereocenters. The Morgan fingerprint density at radius 1 is 1.07 bits per heavy atom. The summed E-state index contributed by atoms with van der Waals surface area (Å²) >= 11 is 0. The molecule has 0 spiro atoms. The van der Waals surface area contributed by atoms with Crippen LogP contribution in [0.4, 0.5) is 13.2 Å². The van der Waals surface area contributed by atoms with Crippen molar-refractivity contribution < 1.29 is 27.6 Å². The predicted octanol–water partition coefficient (Wildman–Crippen LogP) is 3.93. The van der Waals surface area contributed by atoms with E-state index in [2.05, 4.69) is 10.6 Å². The zero-order valence-corrected chi connectivity index (χ0v) is 17.1. The molecule has 2 aliphatic rings. The second-order valence-corrected chi connectivity index (χ2v) is 8.54. The number of carbonyl (C=O) groups is 3. The summed E-state index contributed by atoms with van der Waals surface area (Å²) < 4.78 is 40.8. The third kappa shape index (κ3) is 4.52. The summed E-state index contributed by atoms with van der Waals surface area (Å²) in [6, 6.07) is 4.65. The van der Waals surface area contributed by atoms with Gasteiger partial charge in [0, 0.05) is 12.8 Å². The van der Waals surface area contributed by atoms with Crippen LogP contribution in [-0.2, 0) is 20.6 Å². The number of nitrogens with one attached hydrogen (secondary N) is 2. The number of carbonyl (C=O) groups excluding carboxylic acids is 3.